The van der Waals surface area contributed by atoms with Crippen LogP contribution in [0.4, 0.5) is 0 Å². The van der Waals surface area contributed by atoms with Gasteiger partial charge in [0.05, 0.1) is 29.1 Å². The number of nitrogens with one attached hydrogen (secondary N) is 8. The lowest BCUT2D eigenvalue weighted by Gasteiger charge is -2.19. The normalized spacial score (nSPS) is 14.3. The third-order valence-electron chi connectivity index (χ3n) is 17.4. The molecule has 8 bridgehead atoms. The van der Waals surface area contributed by atoms with Gasteiger partial charge < -0.3 is 73.8 Å². The first-order chi connectivity index (χ1) is 42.1. The Morgan fingerprint density at radius 3 is 1.64 bits per heavy atom. The van der Waals surface area contributed by atoms with Gasteiger partial charge in [-0.15, -0.1) is 0 Å². The van der Waals surface area contributed by atoms with E-state index in [0.717, 1.165) is 237 Å². The predicted molar refractivity (Wildman–Crippen MR) is 364 cm³/mol. The van der Waals surface area contributed by atoms with Crippen molar-refractivity contribution in [1.82, 2.24) is 66.5 Å². The smallest absolute Gasteiger partial charge is 0.253 e. The summed E-state index contributed by atoms with van der Waals surface area (Å²) in [6.45, 7) is 29.8. The number of aromatic amines is 2. The van der Waals surface area contributed by atoms with Gasteiger partial charge in [-0.05, 0) is 270 Å². The minimum absolute atomic E-state index is 0.0440. The molecule has 3 aromatic heterocycles. The van der Waals surface area contributed by atoms with Crippen molar-refractivity contribution in [3.63, 3.8) is 0 Å². The Kier molecular flexibility index (Phi) is 33.6. The molecule has 14 N–H and O–H groups in total. The lowest BCUT2D eigenvalue weighted by atomic mass is 9.84. The largest absolute Gasteiger partial charge is 0.356 e. The molecule has 486 valence electrons. The number of carbonyl (C=O) groups is 3. The highest BCUT2D eigenvalue weighted by Gasteiger charge is 2.36. The van der Waals surface area contributed by atoms with Gasteiger partial charge in [0.25, 0.3) is 5.91 Å². The monoisotopic (exact) mass is 1200 g/mol. The molecular formula is C68H116N16O3. The highest BCUT2D eigenvalue weighted by Crippen LogP contribution is 2.44. The van der Waals surface area contributed by atoms with E-state index in [0.29, 0.717) is 60.8 Å². The molecule has 19 nitrogen and oxygen atoms in total. The summed E-state index contributed by atoms with van der Waals surface area (Å²) in [7, 11) is 6.49. The second-order valence-electron chi connectivity index (χ2n) is 24.5. The summed E-state index contributed by atoms with van der Waals surface area (Å²) in [5.41, 5.74) is 29.5. The molecule has 0 saturated heterocycles. The Morgan fingerprint density at radius 1 is 0.575 bits per heavy atom. The molecule has 0 unspecified atom stereocenters. The maximum atomic E-state index is 15.0. The molecule has 5 heterocycles. The number of aryl methyl sites for hydroxylation is 3. The van der Waals surface area contributed by atoms with Crippen molar-refractivity contribution in [1.29, 1.82) is 0 Å². The number of fused-ring (bicyclic) bond motifs is 8. The van der Waals surface area contributed by atoms with E-state index >= 15 is 4.79 Å². The lowest BCUT2D eigenvalue weighted by Crippen LogP contribution is -2.33. The highest BCUT2D eigenvalue weighted by molar-refractivity contribution is 6.27. The van der Waals surface area contributed by atoms with Gasteiger partial charge in [-0.25, -0.2) is 4.98 Å². The second-order valence-corrected chi connectivity index (χ2v) is 24.5. The first-order valence-electron chi connectivity index (χ1n) is 33.3. The van der Waals surface area contributed by atoms with Crippen LogP contribution in [0.25, 0.3) is 39.3 Å². The minimum atomic E-state index is -0.276. The third-order valence-corrected chi connectivity index (χ3v) is 17.4. The zero-order valence-electron chi connectivity index (χ0n) is 55.1. The van der Waals surface area contributed by atoms with Crippen LogP contribution >= 0.6 is 0 Å². The van der Waals surface area contributed by atoms with Crippen LogP contribution in [0, 0.1) is 13.8 Å². The summed E-state index contributed by atoms with van der Waals surface area (Å²) in [6, 6.07) is 6.33. The van der Waals surface area contributed by atoms with E-state index in [9.17, 15) is 9.59 Å². The van der Waals surface area contributed by atoms with Gasteiger partial charge in [-0.1, -0.05) is 26.5 Å². The van der Waals surface area contributed by atoms with Crippen molar-refractivity contribution in [2.24, 2.45) is 17.2 Å². The van der Waals surface area contributed by atoms with E-state index in [2.05, 4.69) is 130 Å². The molecule has 87 heavy (non-hydrogen) atoms. The van der Waals surface area contributed by atoms with Crippen LogP contribution in [0.15, 0.2) is 24.8 Å². The number of nitrogens with two attached hydrogens (primary N) is 3. The molecule has 2 aliphatic rings. The average molecular weight is 1210 g/mol. The number of H-pyrrole nitrogens is 2. The van der Waals surface area contributed by atoms with Crippen LogP contribution < -0.4 is 49.1 Å². The van der Waals surface area contributed by atoms with E-state index in [4.69, 9.17) is 27.2 Å². The fourth-order valence-electron chi connectivity index (χ4n) is 12.0. The molecule has 3 amide bonds. The maximum absolute atomic E-state index is 15.0. The van der Waals surface area contributed by atoms with Gasteiger partial charge in [0.1, 0.15) is 0 Å². The number of unbranched alkanes of at least 4 members (excludes halogenated alkanes) is 5. The highest BCUT2D eigenvalue weighted by atomic mass is 16.2. The van der Waals surface area contributed by atoms with Crippen LogP contribution in [0.3, 0.4) is 0 Å². The van der Waals surface area contributed by atoms with Gasteiger partial charge >= 0.3 is 0 Å². The van der Waals surface area contributed by atoms with Gasteiger partial charge in [0.2, 0.25) is 11.8 Å². The van der Waals surface area contributed by atoms with Crippen molar-refractivity contribution in [2.75, 3.05) is 139 Å². The molecule has 2 aliphatic heterocycles. The number of hydrogen-bond donors (Lipinski definition) is 11. The molecule has 0 radical (unpaired) electrons. The zero-order valence-corrected chi connectivity index (χ0v) is 55.1. The van der Waals surface area contributed by atoms with Crippen LogP contribution in [0.5, 0.6) is 0 Å². The Labute approximate surface area is 522 Å². The molecule has 0 aliphatic carbocycles. The Morgan fingerprint density at radius 2 is 1.08 bits per heavy atom. The molecule has 2 atom stereocenters. The quantitative estimate of drug-likeness (QED) is 0.0251. The molecule has 5 rings (SSSR count). The first kappa shape index (κ1) is 72.4. The molecule has 0 fully saturated rings. The van der Waals surface area contributed by atoms with Crippen LogP contribution in [0.2, 0.25) is 0 Å². The average Bonchev–Trinajstić information content (AvgIpc) is 1.66. The molecule has 0 spiro atoms. The minimum Gasteiger partial charge on any atom is -0.356 e. The maximum Gasteiger partial charge on any atom is 0.253 e. The molecular weight excluding hydrogens is 1090 g/mol. The molecule has 19 heteroatoms. The van der Waals surface area contributed by atoms with E-state index in [-0.39, 0.29) is 42.4 Å². The van der Waals surface area contributed by atoms with E-state index < -0.39 is 0 Å². The van der Waals surface area contributed by atoms with Crippen LogP contribution in [-0.4, -0.2) is 191 Å². The number of rotatable bonds is 45. The number of aromatic nitrogens is 4. The van der Waals surface area contributed by atoms with E-state index in [1.165, 1.54) is 0 Å². The summed E-state index contributed by atoms with van der Waals surface area (Å²) in [5.74, 6) is -0.878. The lowest BCUT2D eigenvalue weighted by molar-refractivity contribution is -0.121. The third kappa shape index (κ3) is 23.8. The first-order valence-corrected chi connectivity index (χ1v) is 33.3. The van der Waals surface area contributed by atoms with Crippen LogP contribution in [-0.2, 0) is 27.2 Å². The summed E-state index contributed by atoms with van der Waals surface area (Å²) in [6.07, 6.45) is 16.4. The summed E-state index contributed by atoms with van der Waals surface area (Å²) < 4.78 is 0. The fraction of sp³-hybridized carbons (Fsp3) is 0.662. The SMILES string of the molecule is C=Cc1c(C)c2cc3nc(c(CC(=O)NCCCCNCCCN(C)CCCCN)c4nc(cc5[nH]c(cc1[nH]2)c(C)c5CC)C(C)=C4C(=O)NCCCCNCCCN(C)CCCCN)[C@@H](CCC(=O)NCCNCCCN(C)CCCCN)[C@@H]3C. The van der Waals surface area contributed by atoms with Crippen molar-refractivity contribution >= 4 is 57.0 Å². The number of amides is 3. The van der Waals surface area contributed by atoms with Crippen molar-refractivity contribution in [3.8, 4) is 0 Å². The summed E-state index contributed by atoms with van der Waals surface area (Å²) >= 11 is 0. The number of hydrogen-bond acceptors (Lipinski definition) is 14. The predicted octanol–water partition coefficient (Wildman–Crippen LogP) is 7.14. The standard InChI is InChI=1S/C68H116N16O3/c1-10-53-49(3)57-46-59-51(5)55(25-26-63(85)76-38-37-74-34-24-44-84(9)41-21-14-29-71)66(80-59)56(45-64(86)75-35-17-15-30-72-32-22-42-82(7)39-19-12-27-69)67-65(68(87)77-36-18-16-31-73-33-23-43-83(8)40-20-13-28-70)52(6)60(81-67)48-62-54(11-2)50(4)58(79-62)47-61(53)78-57/h10,46-48,51,55,72-74,78-79H,1,11-45,69-71H2,2-9H3,(H,75,86)(H,76,85)(H,77,87)/t51-,55-/m0/s1. The van der Waals surface area contributed by atoms with E-state index in [1.54, 1.807) is 0 Å². The topological polar surface area (TPSA) is 269 Å². The zero-order chi connectivity index (χ0) is 62.9. The van der Waals surface area contributed by atoms with Gasteiger partial charge in [-0.2, -0.15) is 0 Å². The molecule has 0 saturated carbocycles. The molecule has 3 aromatic rings. The second kappa shape index (κ2) is 40.3. The van der Waals surface area contributed by atoms with Gasteiger partial charge in [0.15, 0.2) is 0 Å². The Hall–Kier alpha value is -5.35. The number of carbonyl (C=O) groups excluding carboxylic acids is 3. The van der Waals surface area contributed by atoms with Gasteiger partial charge in [0, 0.05) is 83.3 Å². The molecule has 0 aromatic carbocycles. The van der Waals surface area contributed by atoms with Crippen molar-refractivity contribution in [2.45, 2.75) is 156 Å². The summed E-state index contributed by atoms with van der Waals surface area (Å²) in [5, 5.41) is 20.4. The van der Waals surface area contributed by atoms with Gasteiger partial charge in [-0.3, -0.25) is 19.4 Å². The van der Waals surface area contributed by atoms with Crippen LogP contribution in [0.1, 0.15) is 180 Å². The van der Waals surface area contributed by atoms with Crippen molar-refractivity contribution < 1.29 is 14.4 Å². The van der Waals surface area contributed by atoms with E-state index in [1.807, 2.05) is 13.0 Å². The fourth-order valence-corrected chi connectivity index (χ4v) is 12.0. The number of allylic oxidation sites excluding steroid dienone is 1. The Balaban J connectivity index is 1.48. The summed E-state index contributed by atoms with van der Waals surface area (Å²) in [4.78, 5) is 69.1. The number of nitrogens with zero attached hydrogens (tertiary/aromatic N) is 5. The van der Waals surface area contributed by atoms with Crippen molar-refractivity contribution in [3.05, 3.63) is 75.4 Å². The Bertz CT molecular complexity index is 2790.